The van der Waals surface area contributed by atoms with Crippen molar-refractivity contribution >= 4 is 10.0 Å². The first-order valence-corrected chi connectivity index (χ1v) is 11.3. The highest BCUT2D eigenvalue weighted by Gasteiger charge is 2.33. The van der Waals surface area contributed by atoms with Gasteiger partial charge in [0, 0.05) is 5.56 Å². The van der Waals surface area contributed by atoms with Crippen LogP contribution in [0, 0.1) is 0 Å². The molecule has 0 aliphatic heterocycles. The van der Waals surface area contributed by atoms with Crippen molar-refractivity contribution in [2.24, 2.45) is 0 Å². The minimum Gasteiger partial charge on any atom is -0.497 e. The summed E-state index contributed by atoms with van der Waals surface area (Å²) in [6.07, 6.45) is 3.90. The smallest absolute Gasteiger partial charge is 0.242 e. The molecule has 0 radical (unpaired) electrons. The molecule has 4 rings (SSSR count). The van der Waals surface area contributed by atoms with E-state index in [2.05, 4.69) is 16.2 Å². The lowest BCUT2D eigenvalue weighted by molar-refractivity contribution is 0.251. The summed E-state index contributed by atoms with van der Waals surface area (Å²) in [4.78, 5) is 4.42. The molecule has 1 aliphatic carbocycles. The van der Waals surface area contributed by atoms with Crippen LogP contribution in [0.15, 0.2) is 53.1 Å². The molecule has 0 saturated carbocycles. The molecule has 1 aromatic heterocycles. The number of hydrogen-bond donors (Lipinski definition) is 0. The number of methoxy groups -OCH3 is 1. The third-order valence-corrected chi connectivity index (χ3v) is 6.45. The first-order valence-electron chi connectivity index (χ1n) is 9.47. The number of fused-ring (bicyclic) bond motifs is 1. The first-order chi connectivity index (χ1) is 14.0. The number of sulfonamides is 1. The molecule has 0 N–H and O–H groups in total. The van der Waals surface area contributed by atoms with Crippen molar-refractivity contribution in [1.29, 1.82) is 0 Å². The van der Waals surface area contributed by atoms with E-state index in [4.69, 9.17) is 9.26 Å². The van der Waals surface area contributed by atoms with Crippen molar-refractivity contribution < 1.29 is 17.7 Å². The standard InChI is InChI=1S/C21H23N3O4S/c1-27-17-12-10-16(11-13-17)21-22-20(28-23-21)14-24(29(2,25)26)19-9-5-7-15-6-3-4-8-18(15)19/h3-4,6,8,10-13,19H,5,7,9,14H2,1-2H3/t19-/m0/s1. The summed E-state index contributed by atoms with van der Waals surface area (Å²) in [5.41, 5.74) is 3.02. The van der Waals surface area contributed by atoms with Gasteiger partial charge in [-0.05, 0) is 54.7 Å². The number of hydrogen-bond acceptors (Lipinski definition) is 6. The molecule has 0 fully saturated rings. The highest BCUT2D eigenvalue weighted by atomic mass is 32.2. The van der Waals surface area contributed by atoms with Gasteiger partial charge in [0.1, 0.15) is 5.75 Å². The number of benzene rings is 2. The van der Waals surface area contributed by atoms with Crippen molar-refractivity contribution in [3.8, 4) is 17.1 Å². The summed E-state index contributed by atoms with van der Waals surface area (Å²) in [6, 6.07) is 15.1. The summed E-state index contributed by atoms with van der Waals surface area (Å²) in [5, 5.41) is 4.02. The van der Waals surface area contributed by atoms with Crippen LogP contribution in [0.1, 0.15) is 35.9 Å². The third kappa shape index (κ3) is 4.18. The zero-order chi connectivity index (χ0) is 20.4. The van der Waals surface area contributed by atoms with Crippen molar-refractivity contribution in [1.82, 2.24) is 14.4 Å². The maximum absolute atomic E-state index is 12.6. The Morgan fingerprint density at radius 2 is 1.93 bits per heavy atom. The Balaban J connectivity index is 1.61. The molecule has 29 heavy (non-hydrogen) atoms. The molecule has 3 aromatic rings. The molecule has 8 heteroatoms. The van der Waals surface area contributed by atoms with E-state index in [1.54, 1.807) is 7.11 Å². The quantitative estimate of drug-likeness (QED) is 0.614. The molecule has 0 unspecified atom stereocenters. The van der Waals surface area contributed by atoms with Gasteiger partial charge in [-0.3, -0.25) is 0 Å². The SMILES string of the molecule is COc1ccc(-c2noc(CN([C@H]3CCCc4ccccc43)S(C)(=O)=O)n2)cc1. The number of rotatable bonds is 6. The summed E-state index contributed by atoms with van der Waals surface area (Å²) in [6.45, 7) is 0.0426. The van der Waals surface area contributed by atoms with Crippen molar-refractivity contribution in [3.63, 3.8) is 0 Å². The molecular weight excluding hydrogens is 390 g/mol. The summed E-state index contributed by atoms with van der Waals surface area (Å²) >= 11 is 0. The Morgan fingerprint density at radius 1 is 1.17 bits per heavy atom. The number of aryl methyl sites for hydroxylation is 1. The number of aromatic nitrogens is 2. The van der Waals surface area contributed by atoms with Gasteiger partial charge in [-0.2, -0.15) is 9.29 Å². The van der Waals surface area contributed by atoms with E-state index >= 15 is 0 Å². The Labute approximate surface area is 170 Å². The third-order valence-electron chi connectivity index (χ3n) is 5.22. The van der Waals surface area contributed by atoms with Gasteiger partial charge in [-0.1, -0.05) is 29.4 Å². The van der Waals surface area contributed by atoms with E-state index in [0.717, 1.165) is 36.1 Å². The fraction of sp³-hybridized carbons (Fsp3) is 0.333. The number of nitrogens with zero attached hydrogens (tertiary/aromatic N) is 3. The number of ether oxygens (including phenoxy) is 1. The fourth-order valence-electron chi connectivity index (χ4n) is 3.80. The normalized spacial score (nSPS) is 16.6. The van der Waals surface area contributed by atoms with Gasteiger partial charge in [0.25, 0.3) is 0 Å². The molecule has 0 amide bonds. The van der Waals surface area contributed by atoms with Crippen LogP contribution in [0.3, 0.4) is 0 Å². The van der Waals surface area contributed by atoms with E-state index in [1.165, 1.54) is 16.1 Å². The largest absolute Gasteiger partial charge is 0.497 e. The molecule has 0 spiro atoms. The molecule has 2 aromatic carbocycles. The van der Waals surface area contributed by atoms with Gasteiger partial charge in [0.15, 0.2) is 0 Å². The van der Waals surface area contributed by atoms with Crippen LogP contribution in [0.2, 0.25) is 0 Å². The first kappa shape index (κ1) is 19.6. The van der Waals surface area contributed by atoms with Crippen molar-refractivity contribution in [2.45, 2.75) is 31.8 Å². The molecule has 0 saturated heterocycles. The minimum atomic E-state index is -3.48. The van der Waals surface area contributed by atoms with Gasteiger partial charge in [-0.15, -0.1) is 0 Å². The van der Waals surface area contributed by atoms with Gasteiger partial charge in [0.05, 0.1) is 26.0 Å². The molecule has 152 valence electrons. The zero-order valence-corrected chi connectivity index (χ0v) is 17.2. The van der Waals surface area contributed by atoms with Gasteiger partial charge in [0.2, 0.25) is 21.7 Å². The van der Waals surface area contributed by atoms with E-state index < -0.39 is 10.0 Å². The lowest BCUT2D eigenvalue weighted by Gasteiger charge is -2.33. The monoisotopic (exact) mass is 413 g/mol. The lowest BCUT2D eigenvalue weighted by Crippen LogP contribution is -2.35. The van der Waals surface area contributed by atoms with E-state index in [-0.39, 0.29) is 18.5 Å². The van der Waals surface area contributed by atoms with Gasteiger partial charge < -0.3 is 9.26 Å². The average Bonchev–Trinajstić information content (AvgIpc) is 3.20. The van der Waals surface area contributed by atoms with E-state index in [9.17, 15) is 8.42 Å². The maximum Gasteiger partial charge on any atom is 0.242 e. The summed E-state index contributed by atoms with van der Waals surface area (Å²) < 4.78 is 37.2. The average molecular weight is 413 g/mol. The Hall–Kier alpha value is -2.71. The summed E-state index contributed by atoms with van der Waals surface area (Å²) in [5.74, 6) is 1.42. The Kier molecular flexibility index (Phi) is 5.38. The maximum atomic E-state index is 12.6. The second-order valence-corrected chi connectivity index (χ2v) is 9.09. The molecule has 1 heterocycles. The van der Waals surface area contributed by atoms with E-state index in [0.29, 0.717) is 5.82 Å². The zero-order valence-electron chi connectivity index (χ0n) is 16.4. The predicted molar refractivity (Wildman–Crippen MR) is 109 cm³/mol. The topological polar surface area (TPSA) is 85.5 Å². The van der Waals surface area contributed by atoms with Crippen LogP contribution >= 0.6 is 0 Å². The second-order valence-electron chi connectivity index (χ2n) is 7.16. The van der Waals surface area contributed by atoms with Crippen molar-refractivity contribution in [2.75, 3.05) is 13.4 Å². The van der Waals surface area contributed by atoms with Crippen LogP contribution < -0.4 is 4.74 Å². The summed E-state index contributed by atoms with van der Waals surface area (Å²) in [7, 11) is -1.88. The highest BCUT2D eigenvalue weighted by Crippen LogP contribution is 2.36. The van der Waals surface area contributed by atoms with Crippen LogP contribution in [0.25, 0.3) is 11.4 Å². The van der Waals surface area contributed by atoms with Crippen LogP contribution in [0.5, 0.6) is 5.75 Å². The van der Waals surface area contributed by atoms with Crippen LogP contribution in [-0.4, -0.2) is 36.2 Å². The molecule has 0 bridgehead atoms. The molecule has 1 aliphatic rings. The Morgan fingerprint density at radius 3 is 2.66 bits per heavy atom. The highest BCUT2D eigenvalue weighted by molar-refractivity contribution is 7.88. The molecule has 7 nitrogen and oxygen atoms in total. The lowest BCUT2D eigenvalue weighted by atomic mass is 9.88. The fourth-order valence-corrected chi connectivity index (χ4v) is 4.82. The molecular formula is C21H23N3O4S. The van der Waals surface area contributed by atoms with E-state index in [1.807, 2.05) is 42.5 Å². The molecule has 1 atom stereocenters. The Bertz CT molecular complexity index is 1090. The minimum absolute atomic E-state index is 0.0426. The van der Waals surface area contributed by atoms with Crippen LogP contribution in [-0.2, 0) is 23.0 Å². The van der Waals surface area contributed by atoms with Gasteiger partial charge in [-0.25, -0.2) is 8.42 Å². The predicted octanol–water partition coefficient (Wildman–Crippen LogP) is 3.58. The van der Waals surface area contributed by atoms with Crippen LogP contribution in [0.4, 0.5) is 0 Å². The van der Waals surface area contributed by atoms with Crippen molar-refractivity contribution in [3.05, 3.63) is 65.5 Å². The second kappa shape index (κ2) is 7.96. The van der Waals surface area contributed by atoms with Gasteiger partial charge >= 0.3 is 0 Å².